The Hall–Kier alpha value is -2.47. The highest BCUT2D eigenvalue weighted by Crippen LogP contribution is 2.46. The first-order chi connectivity index (χ1) is 14.0. The van der Waals surface area contributed by atoms with Gasteiger partial charge in [-0.25, -0.2) is 4.79 Å². The van der Waals surface area contributed by atoms with Gasteiger partial charge in [0.25, 0.3) is 0 Å². The predicted molar refractivity (Wildman–Crippen MR) is 119 cm³/mol. The van der Waals surface area contributed by atoms with E-state index < -0.39 is 0 Å². The zero-order valence-corrected chi connectivity index (χ0v) is 17.8. The van der Waals surface area contributed by atoms with Gasteiger partial charge in [0.2, 0.25) is 5.91 Å². The number of nitrogens with one attached hydrogen (secondary N) is 1. The monoisotopic (exact) mass is 409 g/mol. The third-order valence-corrected chi connectivity index (χ3v) is 7.38. The summed E-state index contributed by atoms with van der Waals surface area (Å²) in [5.74, 6) is 0.664. The lowest BCUT2D eigenvalue weighted by Gasteiger charge is -2.43. The second-order valence-corrected chi connectivity index (χ2v) is 9.10. The van der Waals surface area contributed by atoms with Crippen LogP contribution in [0, 0.1) is 6.92 Å². The van der Waals surface area contributed by atoms with Gasteiger partial charge in [0.1, 0.15) is 0 Å². The molecule has 0 aromatic heterocycles. The molecule has 2 fully saturated rings. The second kappa shape index (κ2) is 8.11. The normalized spacial score (nSPS) is 18.3. The minimum atomic E-state index is -0.244. The number of benzene rings is 2. The zero-order chi connectivity index (χ0) is 20.4. The maximum absolute atomic E-state index is 12.7. The van der Waals surface area contributed by atoms with Gasteiger partial charge in [-0.15, -0.1) is 11.8 Å². The van der Waals surface area contributed by atoms with Gasteiger partial charge < -0.3 is 10.2 Å². The number of urea groups is 1. The van der Waals surface area contributed by atoms with Crippen LogP contribution in [0.5, 0.6) is 0 Å². The highest BCUT2D eigenvalue weighted by Gasteiger charge is 2.49. The van der Waals surface area contributed by atoms with E-state index in [1.165, 1.54) is 11.1 Å². The van der Waals surface area contributed by atoms with Crippen LogP contribution in [0.15, 0.2) is 48.5 Å². The van der Waals surface area contributed by atoms with Crippen molar-refractivity contribution in [2.45, 2.75) is 38.0 Å². The molecule has 152 valence electrons. The number of nitrogens with zero attached hydrogens (tertiary/aromatic N) is 2. The molecule has 6 heteroatoms. The summed E-state index contributed by atoms with van der Waals surface area (Å²) >= 11 is 1.72. The van der Waals surface area contributed by atoms with Gasteiger partial charge >= 0.3 is 6.03 Å². The molecular weight excluding hydrogens is 382 g/mol. The van der Waals surface area contributed by atoms with Crippen LogP contribution < -0.4 is 10.2 Å². The molecule has 2 heterocycles. The van der Waals surface area contributed by atoms with Gasteiger partial charge in [-0.1, -0.05) is 36.8 Å². The molecule has 1 spiro atoms. The maximum atomic E-state index is 12.7. The lowest BCUT2D eigenvalue weighted by atomic mass is 10.0. The fraction of sp³-hybridized carbons (Fsp3) is 0.391. The SMILES string of the molecule is CCc1ccc(NC(=O)N2CCC3(CC2)SCC(=O)N3c2ccc(C)cc2)cc1. The molecule has 2 aromatic carbocycles. The number of hydrogen-bond donors (Lipinski definition) is 1. The number of aryl methyl sites for hydroxylation is 2. The molecule has 0 atom stereocenters. The molecular formula is C23H27N3O2S. The number of piperidine rings is 1. The Kier molecular flexibility index (Phi) is 5.54. The largest absolute Gasteiger partial charge is 0.324 e. The van der Waals surface area contributed by atoms with Crippen LogP contribution in [-0.2, 0) is 11.2 Å². The molecule has 29 heavy (non-hydrogen) atoms. The van der Waals surface area contributed by atoms with E-state index in [1.54, 1.807) is 11.8 Å². The molecule has 0 aliphatic carbocycles. The van der Waals surface area contributed by atoms with E-state index in [1.807, 2.05) is 65.3 Å². The number of rotatable bonds is 3. The van der Waals surface area contributed by atoms with Crippen molar-refractivity contribution < 1.29 is 9.59 Å². The van der Waals surface area contributed by atoms with Crippen LogP contribution in [0.3, 0.4) is 0 Å². The van der Waals surface area contributed by atoms with Crippen molar-refractivity contribution >= 4 is 35.1 Å². The second-order valence-electron chi connectivity index (χ2n) is 7.77. The van der Waals surface area contributed by atoms with Crippen LogP contribution in [0.1, 0.15) is 30.9 Å². The first-order valence-electron chi connectivity index (χ1n) is 10.2. The Labute approximate surface area is 176 Å². The molecule has 5 nitrogen and oxygen atoms in total. The number of carbonyl (C=O) groups is 2. The smallest absolute Gasteiger partial charge is 0.321 e. The maximum Gasteiger partial charge on any atom is 0.321 e. The Morgan fingerprint density at radius 1 is 1.07 bits per heavy atom. The van der Waals surface area contributed by atoms with Crippen LogP contribution in [0.25, 0.3) is 0 Å². The highest BCUT2D eigenvalue weighted by molar-refractivity contribution is 8.02. The topological polar surface area (TPSA) is 52.7 Å². The fourth-order valence-corrected chi connectivity index (χ4v) is 5.41. The summed E-state index contributed by atoms with van der Waals surface area (Å²) in [4.78, 5) is 28.9. The van der Waals surface area contributed by atoms with Crippen LogP contribution in [-0.4, -0.2) is 40.6 Å². The van der Waals surface area contributed by atoms with E-state index in [2.05, 4.69) is 12.2 Å². The van der Waals surface area contributed by atoms with E-state index in [0.717, 1.165) is 30.6 Å². The van der Waals surface area contributed by atoms with Gasteiger partial charge in [-0.3, -0.25) is 9.69 Å². The molecule has 0 unspecified atom stereocenters. The van der Waals surface area contributed by atoms with Gasteiger partial charge in [0.15, 0.2) is 0 Å². The summed E-state index contributed by atoms with van der Waals surface area (Å²) in [6, 6.07) is 16.1. The number of likely N-dealkylation sites (tertiary alicyclic amines) is 1. The molecule has 0 saturated carbocycles. The average molecular weight is 410 g/mol. The van der Waals surface area contributed by atoms with Crippen LogP contribution >= 0.6 is 11.8 Å². The summed E-state index contributed by atoms with van der Waals surface area (Å²) in [7, 11) is 0. The Morgan fingerprint density at radius 2 is 1.72 bits per heavy atom. The van der Waals surface area contributed by atoms with Crippen molar-refractivity contribution in [3.8, 4) is 0 Å². The van der Waals surface area contributed by atoms with E-state index in [4.69, 9.17) is 0 Å². The van der Waals surface area contributed by atoms with E-state index in [9.17, 15) is 9.59 Å². The van der Waals surface area contributed by atoms with Crippen molar-refractivity contribution in [1.29, 1.82) is 0 Å². The van der Waals surface area contributed by atoms with Crippen molar-refractivity contribution in [2.75, 3.05) is 29.1 Å². The van der Waals surface area contributed by atoms with Crippen LogP contribution in [0.4, 0.5) is 16.2 Å². The minimum absolute atomic E-state index is 0.0692. The van der Waals surface area contributed by atoms with Crippen LogP contribution in [0.2, 0.25) is 0 Å². The number of amides is 3. The fourth-order valence-electron chi connectivity index (χ4n) is 4.08. The third kappa shape index (κ3) is 3.99. The lowest BCUT2D eigenvalue weighted by molar-refractivity contribution is -0.116. The molecule has 3 amide bonds. The molecule has 2 aliphatic rings. The molecule has 4 rings (SSSR count). The number of thioether (sulfide) groups is 1. The Bertz CT molecular complexity index is 887. The highest BCUT2D eigenvalue weighted by atomic mass is 32.2. The zero-order valence-electron chi connectivity index (χ0n) is 17.0. The summed E-state index contributed by atoms with van der Waals surface area (Å²) in [5, 5.41) is 3.00. The number of carbonyl (C=O) groups excluding carboxylic acids is 2. The predicted octanol–water partition coefficient (Wildman–Crippen LogP) is 4.66. The Balaban J connectivity index is 1.42. The molecule has 1 N–H and O–H groups in total. The van der Waals surface area contributed by atoms with E-state index >= 15 is 0 Å². The molecule has 2 aliphatic heterocycles. The summed E-state index contributed by atoms with van der Waals surface area (Å²) in [6.45, 7) is 5.44. The summed E-state index contributed by atoms with van der Waals surface area (Å²) < 4.78 is 0. The van der Waals surface area contributed by atoms with Gasteiger partial charge in [-0.05, 0) is 56.0 Å². The summed E-state index contributed by atoms with van der Waals surface area (Å²) in [5.41, 5.74) is 4.21. The average Bonchev–Trinajstić information content (AvgIpc) is 3.05. The molecule has 0 radical (unpaired) electrons. The number of hydrogen-bond acceptors (Lipinski definition) is 3. The standard InChI is InChI=1S/C23H27N3O2S/c1-3-18-6-8-19(9-7-18)24-22(28)25-14-12-23(13-15-25)26(21(27)16-29-23)20-10-4-17(2)5-11-20/h4-11H,3,12-16H2,1-2H3,(H,24,28). The quantitative estimate of drug-likeness (QED) is 0.802. The van der Waals surface area contributed by atoms with Crippen molar-refractivity contribution in [3.05, 3.63) is 59.7 Å². The first kappa shape index (κ1) is 19.8. The van der Waals surface area contributed by atoms with Crippen molar-refractivity contribution in [3.63, 3.8) is 0 Å². The van der Waals surface area contributed by atoms with E-state index in [0.29, 0.717) is 18.8 Å². The van der Waals surface area contributed by atoms with Crippen molar-refractivity contribution in [2.24, 2.45) is 0 Å². The van der Waals surface area contributed by atoms with Crippen molar-refractivity contribution in [1.82, 2.24) is 4.90 Å². The van der Waals surface area contributed by atoms with Gasteiger partial charge in [-0.2, -0.15) is 0 Å². The lowest BCUT2D eigenvalue weighted by Crippen LogP contribution is -2.53. The van der Waals surface area contributed by atoms with E-state index in [-0.39, 0.29) is 16.8 Å². The molecule has 2 aromatic rings. The Morgan fingerprint density at radius 3 is 2.34 bits per heavy atom. The minimum Gasteiger partial charge on any atom is -0.324 e. The van der Waals surface area contributed by atoms with Gasteiger partial charge in [0, 0.05) is 24.5 Å². The molecule has 0 bridgehead atoms. The third-order valence-electron chi connectivity index (χ3n) is 5.86. The van der Waals surface area contributed by atoms with Gasteiger partial charge in [0.05, 0.1) is 10.6 Å². The first-order valence-corrected chi connectivity index (χ1v) is 11.2. The number of anilines is 2. The molecule has 2 saturated heterocycles. The summed E-state index contributed by atoms with van der Waals surface area (Å²) in [6.07, 6.45) is 2.54.